The van der Waals surface area contributed by atoms with Gasteiger partial charge in [-0.3, -0.25) is 19.7 Å². The van der Waals surface area contributed by atoms with Crippen LogP contribution in [0.3, 0.4) is 0 Å². The minimum atomic E-state index is -1.65. The van der Waals surface area contributed by atoms with Crippen LogP contribution >= 0.6 is 0 Å². The Bertz CT molecular complexity index is 1380. The molecule has 0 aromatic heterocycles. The second-order valence-electron chi connectivity index (χ2n) is 10.7. The van der Waals surface area contributed by atoms with Crippen LogP contribution in [0.1, 0.15) is 42.1 Å². The van der Waals surface area contributed by atoms with Gasteiger partial charge < -0.3 is 10.0 Å². The Morgan fingerprint density at radius 1 is 0.897 bits per heavy atom. The fourth-order valence-electron chi connectivity index (χ4n) is 6.34. The third kappa shape index (κ3) is 4.31. The molecule has 0 aliphatic carbocycles. The summed E-state index contributed by atoms with van der Waals surface area (Å²) in [7, 11) is 3.89. The van der Waals surface area contributed by atoms with Gasteiger partial charge in [0, 0.05) is 32.2 Å². The SMILES string of the molecule is CCc1cccc(CC)c1N1C(=O)C2C(c3ccc(N(C)C)cc3)NC(Cc3ccccc3)(C(=O)O)C2C1=O. The number of rotatable bonds is 8. The first-order valence-corrected chi connectivity index (χ1v) is 13.5. The first-order chi connectivity index (χ1) is 18.7. The van der Waals surface area contributed by atoms with Gasteiger partial charge >= 0.3 is 5.97 Å². The lowest BCUT2D eigenvalue weighted by Gasteiger charge is -2.32. The molecule has 2 aliphatic rings. The number of aryl methyl sites for hydroxylation is 2. The van der Waals surface area contributed by atoms with Crippen LogP contribution in [0.5, 0.6) is 0 Å². The number of amides is 2. The number of anilines is 2. The minimum Gasteiger partial charge on any atom is -0.480 e. The van der Waals surface area contributed by atoms with E-state index in [1.807, 2.05) is 106 Å². The molecule has 7 heteroatoms. The van der Waals surface area contributed by atoms with Crippen LogP contribution in [0.15, 0.2) is 72.8 Å². The number of carbonyl (C=O) groups is 3. The molecule has 3 aromatic carbocycles. The van der Waals surface area contributed by atoms with E-state index < -0.39 is 35.3 Å². The second kappa shape index (κ2) is 10.3. The van der Waals surface area contributed by atoms with Gasteiger partial charge in [-0.05, 0) is 47.2 Å². The second-order valence-corrected chi connectivity index (χ2v) is 10.7. The molecule has 2 aliphatic heterocycles. The van der Waals surface area contributed by atoms with Gasteiger partial charge in [0.1, 0.15) is 5.54 Å². The summed E-state index contributed by atoms with van der Waals surface area (Å²) in [5.41, 5.74) is 3.34. The molecule has 2 saturated heterocycles. The lowest BCUT2D eigenvalue weighted by molar-refractivity contribution is -0.148. The summed E-state index contributed by atoms with van der Waals surface area (Å²) in [6, 6.07) is 22.2. The fourth-order valence-corrected chi connectivity index (χ4v) is 6.34. The van der Waals surface area contributed by atoms with Crippen molar-refractivity contribution in [2.45, 2.75) is 44.7 Å². The van der Waals surface area contributed by atoms with E-state index in [1.54, 1.807) is 0 Å². The number of benzene rings is 3. The minimum absolute atomic E-state index is 0.0829. The molecule has 202 valence electrons. The highest BCUT2D eigenvalue weighted by Crippen LogP contribution is 2.51. The molecule has 0 radical (unpaired) electrons. The summed E-state index contributed by atoms with van der Waals surface area (Å²) in [5, 5.41) is 14.1. The van der Waals surface area contributed by atoms with Crippen LogP contribution in [0, 0.1) is 11.8 Å². The van der Waals surface area contributed by atoms with Crippen LogP contribution in [0.4, 0.5) is 11.4 Å². The monoisotopic (exact) mass is 525 g/mol. The predicted octanol–water partition coefficient (Wildman–Crippen LogP) is 4.39. The van der Waals surface area contributed by atoms with E-state index in [1.165, 1.54) is 4.90 Å². The highest BCUT2D eigenvalue weighted by Gasteiger charge is 2.68. The van der Waals surface area contributed by atoms with Crippen molar-refractivity contribution in [2.24, 2.45) is 11.8 Å². The van der Waals surface area contributed by atoms with Crippen LogP contribution < -0.4 is 15.1 Å². The van der Waals surface area contributed by atoms with Crippen LogP contribution in [0.25, 0.3) is 0 Å². The Morgan fingerprint density at radius 2 is 1.51 bits per heavy atom. The molecule has 2 heterocycles. The Kier molecular flexibility index (Phi) is 7.03. The Balaban J connectivity index is 1.68. The molecule has 0 saturated carbocycles. The molecule has 2 fully saturated rings. The quantitative estimate of drug-likeness (QED) is 0.424. The number of nitrogens with one attached hydrogen (secondary N) is 1. The van der Waals surface area contributed by atoms with Crippen LogP contribution in [-0.2, 0) is 33.6 Å². The maximum absolute atomic E-state index is 14.4. The number of para-hydroxylation sites is 1. The molecular formula is C32H35N3O4. The Labute approximate surface area is 229 Å². The number of hydrogen-bond donors (Lipinski definition) is 2. The molecule has 4 unspecified atom stereocenters. The standard InChI is InChI=1S/C32H35N3O4/c1-5-21-13-10-14-22(6-2)28(21)35-29(36)25-26(30(35)37)32(31(38)39,19-20-11-8-7-9-12-20)33-27(25)23-15-17-24(18-16-23)34(3)4/h7-18,25-27,33H,5-6,19H2,1-4H3,(H,38,39). The zero-order valence-electron chi connectivity index (χ0n) is 22.8. The van der Waals surface area contributed by atoms with Crippen LogP contribution in [-0.4, -0.2) is 42.5 Å². The van der Waals surface area contributed by atoms with E-state index in [0.717, 1.165) is 27.9 Å². The van der Waals surface area contributed by atoms with Crippen molar-refractivity contribution < 1.29 is 19.5 Å². The normalized spacial score (nSPS) is 24.2. The summed E-state index contributed by atoms with van der Waals surface area (Å²) in [4.78, 5) is 45.1. The smallest absolute Gasteiger partial charge is 0.325 e. The maximum atomic E-state index is 14.4. The van der Waals surface area contributed by atoms with Gasteiger partial charge in [0.15, 0.2) is 0 Å². The van der Waals surface area contributed by atoms with Crippen molar-refractivity contribution in [3.8, 4) is 0 Å². The third-order valence-corrected chi connectivity index (χ3v) is 8.32. The largest absolute Gasteiger partial charge is 0.480 e. The highest BCUT2D eigenvalue weighted by molar-refractivity contribution is 6.25. The van der Waals surface area contributed by atoms with Gasteiger partial charge in [-0.2, -0.15) is 0 Å². The molecule has 5 rings (SSSR count). The maximum Gasteiger partial charge on any atom is 0.325 e. The van der Waals surface area contributed by atoms with E-state index in [9.17, 15) is 19.5 Å². The van der Waals surface area contributed by atoms with Crippen molar-refractivity contribution in [3.05, 3.63) is 95.1 Å². The number of fused-ring (bicyclic) bond motifs is 1. The average molecular weight is 526 g/mol. The Hall–Kier alpha value is -3.97. The first kappa shape index (κ1) is 26.6. The summed E-state index contributed by atoms with van der Waals surface area (Å²) in [6.07, 6.45) is 1.38. The number of aliphatic carboxylic acids is 1. The fraction of sp³-hybridized carbons (Fsp3) is 0.344. The van der Waals surface area contributed by atoms with Crippen molar-refractivity contribution in [3.63, 3.8) is 0 Å². The summed E-state index contributed by atoms with van der Waals surface area (Å²) < 4.78 is 0. The van der Waals surface area contributed by atoms with E-state index in [4.69, 9.17) is 0 Å². The van der Waals surface area contributed by atoms with Gasteiger partial charge in [0.25, 0.3) is 0 Å². The van der Waals surface area contributed by atoms with E-state index in [-0.39, 0.29) is 12.3 Å². The van der Waals surface area contributed by atoms with Crippen molar-refractivity contribution in [2.75, 3.05) is 23.9 Å². The molecule has 2 N–H and O–H groups in total. The topological polar surface area (TPSA) is 90.0 Å². The lowest BCUT2D eigenvalue weighted by Crippen LogP contribution is -2.57. The van der Waals surface area contributed by atoms with Crippen LogP contribution in [0.2, 0.25) is 0 Å². The van der Waals surface area contributed by atoms with E-state index in [2.05, 4.69) is 5.32 Å². The predicted molar refractivity (Wildman–Crippen MR) is 152 cm³/mol. The lowest BCUT2D eigenvalue weighted by atomic mass is 9.76. The number of imide groups is 1. The number of nitrogens with zero attached hydrogens (tertiary/aromatic N) is 2. The van der Waals surface area contributed by atoms with E-state index >= 15 is 0 Å². The van der Waals surface area contributed by atoms with Crippen molar-refractivity contribution >= 4 is 29.2 Å². The molecule has 3 aromatic rings. The number of hydrogen-bond acceptors (Lipinski definition) is 5. The zero-order chi connectivity index (χ0) is 27.9. The van der Waals surface area contributed by atoms with Crippen molar-refractivity contribution in [1.29, 1.82) is 0 Å². The van der Waals surface area contributed by atoms with Crippen molar-refractivity contribution in [1.82, 2.24) is 5.32 Å². The van der Waals surface area contributed by atoms with Gasteiger partial charge in [0.2, 0.25) is 11.8 Å². The molecular weight excluding hydrogens is 490 g/mol. The molecule has 4 atom stereocenters. The molecule has 0 spiro atoms. The third-order valence-electron chi connectivity index (χ3n) is 8.32. The summed E-state index contributed by atoms with van der Waals surface area (Å²) in [5.74, 6) is -3.82. The molecule has 7 nitrogen and oxygen atoms in total. The average Bonchev–Trinajstić information content (AvgIpc) is 3.42. The molecule has 0 bridgehead atoms. The molecule has 39 heavy (non-hydrogen) atoms. The van der Waals surface area contributed by atoms with Gasteiger partial charge in [0.05, 0.1) is 17.5 Å². The summed E-state index contributed by atoms with van der Waals surface area (Å²) >= 11 is 0. The molecule has 2 amide bonds. The number of carboxylic acids is 1. The Morgan fingerprint density at radius 3 is 2.05 bits per heavy atom. The zero-order valence-corrected chi connectivity index (χ0v) is 22.8. The van der Waals surface area contributed by atoms with Gasteiger partial charge in [-0.15, -0.1) is 0 Å². The summed E-state index contributed by atoms with van der Waals surface area (Å²) in [6.45, 7) is 4.00. The van der Waals surface area contributed by atoms with Gasteiger partial charge in [-0.1, -0.05) is 74.5 Å². The number of carbonyl (C=O) groups excluding carboxylic acids is 2. The first-order valence-electron chi connectivity index (χ1n) is 13.5. The van der Waals surface area contributed by atoms with Gasteiger partial charge in [-0.25, -0.2) is 4.90 Å². The van der Waals surface area contributed by atoms with E-state index in [0.29, 0.717) is 18.5 Å². The highest BCUT2D eigenvalue weighted by atomic mass is 16.4. The number of carboxylic acid groups (broad SMARTS) is 1.